The summed E-state index contributed by atoms with van der Waals surface area (Å²) in [5.74, 6) is 3.19. The number of nitrogens with one attached hydrogen (secondary N) is 1. The second-order valence-corrected chi connectivity index (χ2v) is 13.2. The van der Waals surface area contributed by atoms with Gasteiger partial charge in [0.15, 0.2) is 4.90 Å². The van der Waals surface area contributed by atoms with Crippen LogP contribution in [0.15, 0.2) is 35.2 Å². The summed E-state index contributed by atoms with van der Waals surface area (Å²) in [6.45, 7) is -0.354. The molecule has 1 saturated heterocycles. The number of hydrogen-bond donors (Lipinski definition) is 1. The summed E-state index contributed by atoms with van der Waals surface area (Å²) in [7, 11) is -9.76. The van der Waals surface area contributed by atoms with E-state index >= 15 is 0 Å². The van der Waals surface area contributed by atoms with Crippen LogP contribution in [0.2, 0.25) is 0 Å². The van der Waals surface area contributed by atoms with Crippen molar-refractivity contribution < 1.29 is 48.4 Å². The van der Waals surface area contributed by atoms with Gasteiger partial charge in [-0.1, -0.05) is 16.3 Å². The Kier molecular flexibility index (Phi) is 9.74. The number of rotatable bonds is 12. The molecule has 0 aromatic heterocycles. The minimum atomic E-state index is -6.13. The number of hydrogen-bond acceptors (Lipinski definition) is 8. The fourth-order valence-corrected chi connectivity index (χ4v) is 8.03. The summed E-state index contributed by atoms with van der Waals surface area (Å²) >= 11 is 0. The average Bonchev–Trinajstić information content (AvgIpc) is 2.81. The first-order valence-corrected chi connectivity index (χ1v) is 15.4. The summed E-state index contributed by atoms with van der Waals surface area (Å²) in [4.78, 5) is 1.14. The maximum absolute atomic E-state index is 12.4. The van der Waals surface area contributed by atoms with Crippen LogP contribution in [-0.2, 0) is 40.1 Å². The number of ether oxygens (including phenoxy) is 3. The lowest BCUT2D eigenvalue weighted by atomic mass is 10.1. The zero-order valence-corrected chi connectivity index (χ0v) is 21.8. The first-order valence-electron chi connectivity index (χ1n) is 10.9. The summed E-state index contributed by atoms with van der Waals surface area (Å²) < 4.78 is 104. The average molecular weight is 575 g/mol. The summed E-state index contributed by atoms with van der Waals surface area (Å²) in [6, 6.07) is 9.17. The van der Waals surface area contributed by atoms with Crippen LogP contribution in [0.4, 0.5) is 13.2 Å². The van der Waals surface area contributed by atoms with E-state index in [2.05, 4.69) is 4.18 Å². The maximum Gasteiger partial charge on any atom is 0.512 e. The highest BCUT2D eigenvalue weighted by atomic mass is 32.3. The van der Waals surface area contributed by atoms with Crippen LogP contribution in [0.3, 0.4) is 0 Å². The van der Waals surface area contributed by atoms with Crippen molar-refractivity contribution in [3.8, 4) is 11.5 Å². The normalized spacial score (nSPS) is 15.8. The SMILES string of the molecule is COCCOc1cccc2c(OCCOS(=O)(=O)NS(=O)(=O)C(F)(F)F)ccc([S+]3CCCCC3)c12. The van der Waals surface area contributed by atoms with Gasteiger partial charge in [-0.25, -0.2) is 8.42 Å². The molecule has 1 heterocycles. The molecule has 0 spiro atoms. The molecule has 202 valence electrons. The number of sulfonamides is 1. The number of halogens is 3. The molecule has 1 aliphatic rings. The Morgan fingerprint density at radius 3 is 2.22 bits per heavy atom. The van der Waals surface area contributed by atoms with Crippen LogP contribution in [-0.4, -0.2) is 67.4 Å². The smallest absolute Gasteiger partial charge is 0.490 e. The molecule has 0 amide bonds. The molecule has 36 heavy (non-hydrogen) atoms. The minimum Gasteiger partial charge on any atom is -0.490 e. The zero-order valence-electron chi connectivity index (χ0n) is 19.4. The van der Waals surface area contributed by atoms with E-state index in [0.29, 0.717) is 28.8 Å². The fourth-order valence-electron chi connectivity index (χ4n) is 3.59. The van der Waals surface area contributed by atoms with E-state index in [1.807, 2.05) is 18.2 Å². The largest absolute Gasteiger partial charge is 0.512 e. The Labute approximate surface area is 210 Å². The third kappa shape index (κ3) is 7.38. The van der Waals surface area contributed by atoms with Crippen molar-refractivity contribution in [2.24, 2.45) is 0 Å². The van der Waals surface area contributed by atoms with Crippen molar-refractivity contribution in [3.05, 3.63) is 30.3 Å². The number of methoxy groups -OCH3 is 1. The first kappa shape index (κ1) is 28.8. The molecule has 3 rings (SSSR count). The van der Waals surface area contributed by atoms with Crippen molar-refractivity contribution in [1.29, 1.82) is 0 Å². The molecule has 1 N–H and O–H groups in total. The third-order valence-corrected chi connectivity index (χ3v) is 10.5. The van der Waals surface area contributed by atoms with Crippen molar-refractivity contribution >= 4 is 42.0 Å². The van der Waals surface area contributed by atoms with Gasteiger partial charge in [0, 0.05) is 23.4 Å². The van der Waals surface area contributed by atoms with E-state index in [1.54, 1.807) is 19.2 Å². The van der Waals surface area contributed by atoms with E-state index in [0.717, 1.165) is 40.0 Å². The zero-order chi connectivity index (χ0) is 26.4. The van der Waals surface area contributed by atoms with Crippen LogP contribution >= 0.6 is 0 Å². The van der Waals surface area contributed by atoms with Crippen LogP contribution < -0.4 is 13.6 Å². The molecule has 2 aromatic carbocycles. The van der Waals surface area contributed by atoms with Gasteiger partial charge in [-0.3, -0.25) is 4.18 Å². The lowest BCUT2D eigenvalue weighted by Gasteiger charge is -2.18. The lowest BCUT2D eigenvalue weighted by Crippen LogP contribution is -2.41. The molecule has 9 nitrogen and oxygen atoms in total. The van der Waals surface area contributed by atoms with Gasteiger partial charge in [-0.2, -0.15) is 21.6 Å². The summed E-state index contributed by atoms with van der Waals surface area (Å²) in [6.07, 6.45) is 3.47. The highest BCUT2D eigenvalue weighted by Crippen LogP contribution is 2.39. The molecule has 0 aliphatic carbocycles. The van der Waals surface area contributed by atoms with Gasteiger partial charge in [0.25, 0.3) is 0 Å². The van der Waals surface area contributed by atoms with E-state index in [9.17, 15) is 30.0 Å². The highest BCUT2D eigenvalue weighted by Gasteiger charge is 2.48. The van der Waals surface area contributed by atoms with E-state index in [-0.39, 0.29) is 17.5 Å². The molecular weight excluding hydrogens is 547 g/mol. The summed E-state index contributed by atoms with van der Waals surface area (Å²) in [5, 5.41) is 1.60. The van der Waals surface area contributed by atoms with Gasteiger partial charge < -0.3 is 14.2 Å². The van der Waals surface area contributed by atoms with Gasteiger partial charge in [0.05, 0.1) is 12.0 Å². The Bertz CT molecular complexity index is 1250. The van der Waals surface area contributed by atoms with Gasteiger partial charge in [0.2, 0.25) is 0 Å². The molecule has 0 atom stereocenters. The van der Waals surface area contributed by atoms with Crippen LogP contribution in [0.25, 0.3) is 10.8 Å². The van der Waals surface area contributed by atoms with Gasteiger partial charge in [-0.15, -0.1) is 0 Å². The molecule has 1 fully saturated rings. The quantitative estimate of drug-likeness (QED) is 0.304. The van der Waals surface area contributed by atoms with Crippen LogP contribution in [0.1, 0.15) is 19.3 Å². The number of alkyl halides is 3. The Morgan fingerprint density at radius 2 is 1.56 bits per heavy atom. The number of fused-ring (bicyclic) bond motifs is 1. The third-order valence-electron chi connectivity index (χ3n) is 5.16. The standard InChI is InChI=1S/C21H27F3NO8S3/c1-30-10-11-32-18-7-5-6-16-17(8-9-19(20(16)18)34-14-3-2-4-15-34)31-12-13-33-36(28,29)25-35(26,27)21(22,23)24/h5-9,25H,2-4,10-15H2,1H3/q+1. The highest BCUT2D eigenvalue weighted by molar-refractivity contribution is 8.03. The minimum absolute atomic E-state index is 0.0273. The molecule has 0 saturated carbocycles. The number of benzene rings is 2. The molecular formula is C21H27F3NO8S3+. The Morgan fingerprint density at radius 1 is 0.889 bits per heavy atom. The Hall–Kier alpha value is -1.78. The second-order valence-electron chi connectivity index (χ2n) is 7.70. The fraction of sp³-hybridized carbons (Fsp3) is 0.524. The molecule has 2 aromatic rings. The Balaban J connectivity index is 1.77. The maximum atomic E-state index is 12.4. The van der Waals surface area contributed by atoms with Crippen LogP contribution in [0, 0.1) is 0 Å². The van der Waals surface area contributed by atoms with Gasteiger partial charge >= 0.3 is 25.8 Å². The van der Waals surface area contributed by atoms with Crippen molar-refractivity contribution in [2.45, 2.75) is 29.7 Å². The molecule has 0 radical (unpaired) electrons. The van der Waals surface area contributed by atoms with Crippen molar-refractivity contribution in [1.82, 2.24) is 4.13 Å². The van der Waals surface area contributed by atoms with E-state index in [4.69, 9.17) is 14.2 Å². The van der Waals surface area contributed by atoms with Crippen molar-refractivity contribution in [3.63, 3.8) is 0 Å². The van der Waals surface area contributed by atoms with Crippen LogP contribution in [0.5, 0.6) is 11.5 Å². The monoisotopic (exact) mass is 574 g/mol. The van der Waals surface area contributed by atoms with Gasteiger partial charge in [0.1, 0.15) is 42.8 Å². The molecule has 1 aliphatic heterocycles. The topological polar surface area (TPSA) is 117 Å². The predicted octanol–water partition coefficient (Wildman–Crippen LogP) is 3.11. The summed E-state index contributed by atoms with van der Waals surface area (Å²) in [5.41, 5.74) is -5.80. The van der Waals surface area contributed by atoms with Crippen molar-refractivity contribution in [2.75, 3.05) is 45.0 Å². The van der Waals surface area contributed by atoms with Gasteiger partial charge in [-0.05, 0) is 37.5 Å². The first-order chi connectivity index (χ1) is 17.0. The molecule has 0 bridgehead atoms. The van der Waals surface area contributed by atoms with E-state index < -0.39 is 32.4 Å². The second kappa shape index (κ2) is 12.2. The lowest BCUT2D eigenvalue weighted by molar-refractivity contribution is -0.0442. The molecule has 0 unspecified atom stereocenters. The molecule has 15 heteroatoms. The van der Waals surface area contributed by atoms with E-state index in [1.165, 1.54) is 6.42 Å². The predicted molar refractivity (Wildman–Crippen MR) is 129 cm³/mol.